The van der Waals surface area contributed by atoms with E-state index in [1.165, 1.54) is 5.56 Å². The lowest BCUT2D eigenvalue weighted by molar-refractivity contribution is -0.117. The predicted molar refractivity (Wildman–Crippen MR) is 138 cm³/mol. The number of methoxy groups -OCH3 is 1. The molecule has 0 fully saturated rings. The summed E-state index contributed by atoms with van der Waals surface area (Å²) in [7, 11) is 3.60. The molecule has 2 aromatic heterocycles. The Balaban J connectivity index is 1.49. The van der Waals surface area contributed by atoms with Gasteiger partial charge in [0, 0.05) is 23.8 Å². The van der Waals surface area contributed by atoms with Gasteiger partial charge in [0.25, 0.3) is 0 Å². The second-order valence-electron chi connectivity index (χ2n) is 7.64. The Bertz CT molecular complexity index is 1220. The second kappa shape index (κ2) is 11.7. The van der Waals surface area contributed by atoms with E-state index >= 15 is 0 Å². The van der Waals surface area contributed by atoms with Crippen molar-refractivity contribution in [2.24, 2.45) is 7.05 Å². The van der Waals surface area contributed by atoms with Crippen LogP contribution >= 0.6 is 23.1 Å². The van der Waals surface area contributed by atoms with Crippen molar-refractivity contribution in [3.05, 3.63) is 100 Å². The molecule has 0 radical (unpaired) electrons. The van der Waals surface area contributed by atoms with E-state index in [0.717, 1.165) is 32.9 Å². The average molecular weight is 491 g/mol. The summed E-state index contributed by atoms with van der Waals surface area (Å²) in [6.45, 7) is 0. The molecule has 2 aromatic carbocycles. The third-order valence-electron chi connectivity index (χ3n) is 5.25. The summed E-state index contributed by atoms with van der Waals surface area (Å²) in [5.41, 5.74) is 2.29. The predicted octanol–water partition coefficient (Wildman–Crippen LogP) is 5.29. The first-order valence-corrected chi connectivity index (χ1v) is 12.7. The zero-order valence-corrected chi connectivity index (χ0v) is 20.7. The summed E-state index contributed by atoms with van der Waals surface area (Å²) in [4.78, 5) is 13.8. The molecule has 4 rings (SSSR count). The van der Waals surface area contributed by atoms with Crippen molar-refractivity contribution >= 4 is 35.1 Å². The third kappa shape index (κ3) is 6.36. The van der Waals surface area contributed by atoms with Crippen LogP contribution in [0, 0.1) is 0 Å². The lowest BCUT2D eigenvalue weighted by Gasteiger charge is -2.17. The summed E-state index contributed by atoms with van der Waals surface area (Å²) < 4.78 is 7.19. The molecule has 1 amide bonds. The van der Waals surface area contributed by atoms with Crippen LogP contribution < -0.4 is 10.1 Å². The van der Waals surface area contributed by atoms with Crippen LogP contribution in [0.15, 0.2) is 83.3 Å². The van der Waals surface area contributed by atoms with Crippen LogP contribution in [-0.4, -0.2) is 27.8 Å². The minimum absolute atomic E-state index is 0.162. The highest BCUT2D eigenvalue weighted by molar-refractivity contribution is 7.98. The molecular weight excluding hydrogens is 464 g/mol. The maximum atomic E-state index is 12.7. The van der Waals surface area contributed by atoms with Crippen LogP contribution in [0.5, 0.6) is 5.75 Å². The molecule has 0 aliphatic heterocycles. The Hall–Kier alpha value is -3.36. The normalized spacial score (nSPS) is 12.1. The first kappa shape index (κ1) is 23.8. The largest absolute Gasteiger partial charge is 0.497 e. The number of hydrogen-bond acceptors (Lipinski definition) is 6. The molecule has 0 unspecified atom stereocenters. The summed E-state index contributed by atoms with van der Waals surface area (Å²) in [5.74, 6) is 2.15. The number of hydrogen-bond donors (Lipinski definition) is 1. The van der Waals surface area contributed by atoms with Gasteiger partial charge in [-0.15, -0.1) is 21.5 Å². The number of thioether (sulfide) groups is 1. The van der Waals surface area contributed by atoms with Crippen LogP contribution in [0.4, 0.5) is 0 Å². The number of benzene rings is 2. The van der Waals surface area contributed by atoms with E-state index in [1.807, 2.05) is 77.7 Å². The lowest BCUT2D eigenvalue weighted by atomic mass is 10.1. The molecule has 0 bridgehead atoms. The maximum Gasteiger partial charge on any atom is 0.244 e. The third-order valence-corrected chi connectivity index (χ3v) is 7.18. The Labute approximate surface area is 207 Å². The molecule has 1 atom stereocenters. The van der Waals surface area contributed by atoms with Crippen molar-refractivity contribution in [1.82, 2.24) is 20.1 Å². The van der Waals surface area contributed by atoms with Gasteiger partial charge in [0.2, 0.25) is 5.91 Å². The van der Waals surface area contributed by atoms with Crippen molar-refractivity contribution in [2.45, 2.75) is 23.4 Å². The zero-order valence-electron chi connectivity index (χ0n) is 19.0. The van der Waals surface area contributed by atoms with Gasteiger partial charge in [0.1, 0.15) is 5.75 Å². The highest BCUT2D eigenvalue weighted by Crippen LogP contribution is 2.25. The van der Waals surface area contributed by atoms with Crippen molar-refractivity contribution in [2.75, 3.05) is 7.11 Å². The number of thiophene rings is 1. The molecule has 34 heavy (non-hydrogen) atoms. The number of nitrogens with zero attached hydrogens (tertiary/aromatic N) is 3. The molecular formula is C26H26N4O2S2. The second-order valence-corrected chi connectivity index (χ2v) is 9.56. The number of aromatic nitrogens is 3. The summed E-state index contributed by atoms with van der Waals surface area (Å²) in [5, 5.41) is 14.8. The van der Waals surface area contributed by atoms with Gasteiger partial charge in [0.05, 0.1) is 13.2 Å². The average Bonchev–Trinajstić information content (AvgIpc) is 3.52. The van der Waals surface area contributed by atoms with Gasteiger partial charge in [0.15, 0.2) is 11.0 Å². The topological polar surface area (TPSA) is 69.0 Å². The van der Waals surface area contributed by atoms with Crippen molar-refractivity contribution in [1.29, 1.82) is 0 Å². The number of amides is 1. The number of carbonyl (C=O) groups is 1. The van der Waals surface area contributed by atoms with Crippen molar-refractivity contribution in [3.8, 4) is 5.75 Å². The standard InChI is InChI=1S/C26H26N4O2S2/c1-30-25(28-29-26(30)34-18-20-10-12-21(32-2)13-11-20)23(17-19-7-4-3-5-8-19)27-24(31)15-14-22-9-6-16-33-22/h3-16,23H,17-18H2,1-2H3,(H,27,31)/b15-14+/t23-/m1/s1. The SMILES string of the molecule is COc1ccc(CSc2nnc([C@@H](Cc3ccccc3)NC(=O)/C=C/c3cccs3)n2C)cc1. The van der Waals surface area contributed by atoms with Crippen LogP contribution in [0.1, 0.15) is 27.9 Å². The van der Waals surface area contributed by atoms with E-state index in [1.54, 1.807) is 36.3 Å². The van der Waals surface area contributed by atoms with Gasteiger partial charge < -0.3 is 14.6 Å². The summed E-state index contributed by atoms with van der Waals surface area (Å²) in [6, 6.07) is 21.7. The van der Waals surface area contributed by atoms with E-state index < -0.39 is 0 Å². The van der Waals surface area contributed by atoms with E-state index in [2.05, 4.69) is 27.6 Å². The van der Waals surface area contributed by atoms with Gasteiger partial charge in [-0.3, -0.25) is 4.79 Å². The molecule has 6 nitrogen and oxygen atoms in total. The van der Waals surface area contributed by atoms with E-state index in [9.17, 15) is 4.79 Å². The fourth-order valence-electron chi connectivity index (χ4n) is 3.45. The number of ether oxygens (including phenoxy) is 1. The quantitative estimate of drug-likeness (QED) is 0.242. The fraction of sp³-hybridized carbons (Fsp3) is 0.192. The van der Waals surface area contributed by atoms with E-state index in [0.29, 0.717) is 6.42 Å². The molecule has 0 aliphatic carbocycles. The molecule has 4 aromatic rings. The number of nitrogens with one attached hydrogen (secondary N) is 1. The van der Waals surface area contributed by atoms with Gasteiger partial charge in [-0.25, -0.2) is 0 Å². The molecule has 0 saturated carbocycles. The van der Waals surface area contributed by atoms with Gasteiger partial charge in [-0.2, -0.15) is 0 Å². The van der Waals surface area contributed by atoms with Crippen molar-refractivity contribution in [3.63, 3.8) is 0 Å². The minimum Gasteiger partial charge on any atom is -0.497 e. The minimum atomic E-state index is -0.310. The van der Waals surface area contributed by atoms with Crippen LogP contribution in [-0.2, 0) is 24.0 Å². The maximum absolute atomic E-state index is 12.7. The summed E-state index contributed by atoms with van der Waals surface area (Å²) >= 11 is 3.20. The van der Waals surface area contributed by atoms with Crippen LogP contribution in [0.25, 0.3) is 6.08 Å². The first-order valence-electron chi connectivity index (χ1n) is 10.8. The Morgan fingerprint density at radius 3 is 2.59 bits per heavy atom. The van der Waals surface area contributed by atoms with Gasteiger partial charge in [-0.1, -0.05) is 60.3 Å². The molecule has 0 spiro atoms. The molecule has 1 N–H and O–H groups in total. The fourth-order valence-corrected chi connectivity index (χ4v) is 4.94. The molecule has 2 heterocycles. The number of rotatable bonds is 10. The zero-order chi connectivity index (χ0) is 23.8. The Morgan fingerprint density at radius 1 is 1.09 bits per heavy atom. The summed E-state index contributed by atoms with van der Waals surface area (Å²) in [6.07, 6.45) is 4.01. The monoisotopic (exact) mass is 490 g/mol. The van der Waals surface area contributed by atoms with Gasteiger partial charge >= 0.3 is 0 Å². The molecule has 0 aliphatic rings. The number of carbonyl (C=O) groups excluding carboxylic acids is 1. The lowest BCUT2D eigenvalue weighted by Crippen LogP contribution is -2.30. The Kier molecular flexibility index (Phi) is 8.17. The molecule has 174 valence electrons. The van der Waals surface area contributed by atoms with E-state index in [4.69, 9.17) is 4.74 Å². The van der Waals surface area contributed by atoms with Crippen molar-refractivity contribution < 1.29 is 9.53 Å². The highest BCUT2D eigenvalue weighted by Gasteiger charge is 2.22. The highest BCUT2D eigenvalue weighted by atomic mass is 32.2. The Morgan fingerprint density at radius 2 is 1.88 bits per heavy atom. The van der Waals surface area contributed by atoms with E-state index in [-0.39, 0.29) is 11.9 Å². The van der Waals surface area contributed by atoms with Gasteiger partial charge in [-0.05, 0) is 47.2 Å². The molecule has 0 saturated heterocycles. The van der Waals surface area contributed by atoms with Crippen LogP contribution in [0.2, 0.25) is 0 Å². The molecule has 8 heteroatoms. The van der Waals surface area contributed by atoms with Crippen LogP contribution in [0.3, 0.4) is 0 Å². The first-order chi connectivity index (χ1) is 16.6. The smallest absolute Gasteiger partial charge is 0.244 e.